The molecule has 0 amide bonds. The minimum atomic E-state index is 0.452. The molecule has 1 aliphatic carbocycles. The van der Waals surface area contributed by atoms with Gasteiger partial charge in [0.05, 0.1) is 18.6 Å². The molecule has 126 valence electrons. The first kappa shape index (κ1) is 14.5. The van der Waals surface area contributed by atoms with Crippen molar-refractivity contribution >= 4 is 5.82 Å². The Morgan fingerprint density at radius 2 is 2.16 bits per heavy atom. The van der Waals surface area contributed by atoms with E-state index in [1.807, 2.05) is 31.2 Å². The van der Waals surface area contributed by atoms with Crippen LogP contribution in [0.3, 0.4) is 0 Å². The van der Waals surface area contributed by atoms with Gasteiger partial charge in [-0.15, -0.1) is 0 Å². The zero-order chi connectivity index (χ0) is 17.0. The number of anilines is 1. The van der Waals surface area contributed by atoms with E-state index in [9.17, 15) is 0 Å². The minimum Gasteiger partial charge on any atom is -0.493 e. The molecule has 0 unspecified atom stereocenters. The predicted octanol–water partition coefficient (Wildman–Crippen LogP) is 2.81. The Morgan fingerprint density at radius 1 is 1.24 bits per heavy atom. The standard InChI is InChI=1S/C19H19N5O/c1-20-19-13(6-21-9-22-19)11-3-4-16-12(5-11)17-14(8-25-16)18(17)15-7-24(2)10-23-15/h3-7,9-10,14,17-18H,8H2,1-2H3,(H,20,21,22)/t14-,17+,18-/m0/s1. The molecule has 0 spiro atoms. The molecule has 0 saturated heterocycles. The van der Waals surface area contributed by atoms with Crippen molar-refractivity contribution < 1.29 is 4.74 Å². The highest BCUT2D eigenvalue weighted by molar-refractivity contribution is 5.75. The zero-order valence-electron chi connectivity index (χ0n) is 14.2. The lowest BCUT2D eigenvalue weighted by Gasteiger charge is -2.17. The van der Waals surface area contributed by atoms with Gasteiger partial charge >= 0.3 is 0 Å². The van der Waals surface area contributed by atoms with Crippen molar-refractivity contribution in [3.05, 3.63) is 54.5 Å². The van der Waals surface area contributed by atoms with Crippen LogP contribution in [0.4, 0.5) is 5.82 Å². The summed E-state index contributed by atoms with van der Waals surface area (Å²) in [6.45, 7) is 0.772. The number of fused-ring (bicyclic) bond motifs is 3. The smallest absolute Gasteiger partial charge is 0.137 e. The molecule has 1 fully saturated rings. The Kier molecular flexibility index (Phi) is 3.07. The SMILES string of the molecule is CNc1ncncc1-c1ccc2c(c1)[C@@H]1[C@H](CO2)[C@H]1c1cn(C)cn1. The molecule has 1 saturated carbocycles. The maximum Gasteiger partial charge on any atom is 0.137 e. The molecule has 2 aromatic heterocycles. The largest absolute Gasteiger partial charge is 0.493 e. The fourth-order valence-electron chi connectivity index (χ4n) is 4.05. The van der Waals surface area contributed by atoms with Crippen LogP contribution in [-0.2, 0) is 7.05 Å². The molecule has 2 aliphatic rings. The normalized spacial score (nSPS) is 23.4. The Bertz CT molecular complexity index is 950. The van der Waals surface area contributed by atoms with Crippen molar-refractivity contribution in [3.8, 4) is 16.9 Å². The van der Waals surface area contributed by atoms with E-state index in [2.05, 4.69) is 44.7 Å². The minimum absolute atomic E-state index is 0.452. The second-order valence-electron chi connectivity index (χ2n) is 6.78. The van der Waals surface area contributed by atoms with Gasteiger partial charge in [-0.1, -0.05) is 6.07 Å². The molecule has 1 aromatic carbocycles. The lowest BCUT2D eigenvalue weighted by molar-refractivity contribution is 0.277. The molecule has 3 aromatic rings. The number of benzene rings is 1. The van der Waals surface area contributed by atoms with E-state index in [1.165, 1.54) is 11.3 Å². The number of aryl methyl sites for hydroxylation is 1. The summed E-state index contributed by atoms with van der Waals surface area (Å²) in [5.74, 6) is 3.29. The van der Waals surface area contributed by atoms with Crippen LogP contribution >= 0.6 is 0 Å². The van der Waals surface area contributed by atoms with Crippen LogP contribution in [0.5, 0.6) is 5.75 Å². The summed E-state index contributed by atoms with van der Waals surface area (Å²) in [5, 5.41) is 3.14. The van der Waals surface area contributed by atoms with E-state index in [0.29, 0.717) is 17.8 Å². The highest BCUT2D eigenvalue weighted by atomic mass is 16.5. The highest BCUT2D eigenvalue weighted by Crippen LogP contribution is 2.64. The van der Waals surface area contributed by atoms with E-state index in [1.54, 1.807) is 6.33 Å². The molecule has 1 N–H and O–H groups in total. The van der Waals surface area contributed by atoms with Gasteiger partial charge in [0.2, 0.25) is 0 Å². The monoisotopic (exact) mass is 333 g/mol. The Hall–Kier alpha value is -2.89. The number of nitrogens with one attached hydrogen (secondary N) is 1. The summed E-state index contributed by atoms with van der Waals surface area (Å²) in [6.07, 6.45) is 7.41. The summed E-state index contributed by atoms with van der Waals surface area (Å²) < 4.78 is 8.01. The molecule has 3 atom stereocenters. The van der Waals surface area contributed by atoms with E-state index >= 15 is 0 Å². The molecular weight excluding hydrogens is 314 g/mol. The van der Waals surface area contributed by atoms with Crippen molar-refractivity contribution in [1.29, 1.82) is 0 Å². The fourth-order valence-corrected chi connectivity index (χ4v) is 4.05. The van der Waals surface area contributed by atoms with E-state index < -0.39 is 0 Å². The van der Waals surface area contributed by atoms with E-state index in [-0.39, 0.29) is 0 Å². The van der Waals surface area contributed by atoms with Crippen LogP contribution < -0.4 is 10.1 Å². The molecule has 6 heteroatoms. The van der Waals surface area contributed by atoms with Gasteiger partial charge in [0.25, 0.3) is 0 Å². The van der Waals surface area contributed by atoms with Crippen LogP contribution in [0.15, 0.2) is 43.2 Å². The zero-order valence-corrected chi connectivity index (χ0v) is 14.2. The first-order chi connectivity index (χ1) is 12.3. The second kappa shape index (κ2) is 5.31. The van der Waals surface area contributed by atoms with Gasteiger partial charge in [0.1, 0.15) is 17.9 Å². The Morgan fingerprint density at radius 3 is 2.96 bits per heavy atom. The van der Waals surface area contributed by atoms with E-state index in [0.717, 1.165) is 29.3 Å². The molecule has 1 aliphatic heterocycles. The van der Waals surface area contributed by atoms with Crippen molar-refractivity contribution in [2.45, 2.75) is 11.8 Å². The van der Waals surface area contributed by atoms with Gasteiger partial charge in [-0.2, -0.15) is 0 Å². The van der Waals surface area contributed by atoms with Crippen LogP contribution in [-0.4, -0.2) is 33.2 Å². The summed E-state index contributed by atoms with van der Waals surface area (Å²) in [5.41, 5.74) is 4.55. The first-order valence-corrected chi connectivity index (χ1v) is 8.49. The summed E-state index contributed by atoms with van der Waals surface area (Å²) >= 11 is 0. The Balaban J connectivity index is 1.55. The van der Waals surface area contributed by atoms with Crippen LogP contribution in [0.1, 0.15) is 23.1 Å². The Labute approximate surface area is 145 Å². The topological polar surface area (TPSA) is 64.9 Å². The number of ether oxygens (including phenoxy) is 1. The fraction of sp³-hybridized carbons (Fsp3) is 0.316. The quantitative estimate of drug-likeness (QED) is 0.798. The third kappa shape index (κ3) is 2.21. The summed E-state index contributed by atoms with van der Waals surface area (Å²) in [4.78, 5) is 13.1. The number of imidazole rings is 1. The van der Waals surface area contributed by atoms with Crippen molar-refractivity contribution in [3.63, 3.8) is 0 Å². The van der Waals surface area contributed by atoms with Gasteiger partial charge in [-0.25, -0.2) is 15.0 Å². The van der Waals surface area contributed by atoms with E-state index in [4.69, 9.17) is 4.74 Å². The van der Waals surface area contributed by atoms with Crippen LogP contribution in [0, 0.1) is 5.92 Å². The average Bonchev–Trinajstić information content (AvgIpc) is 3.25. The molecule has 0 bridgehead atoms. The van der Waals surface area contributed by atoms with Crippen molar-refractivity contribution in [1.82, 2.24) is 19.5 Å². The summed E-state index contributed by atoms with van der Waals surface area (Å²) in [7, 11) is 3.89. The molecular formula is C19H19N5O. The molecule has 3 heterocycles. The number of hydrogen-bond donors (Lipinski definition) is 1. The molecule has 5 rings (SSSR count). The van der Waals surface area contributed by atoms with Crippen molar-refractivity contribution in [2.75, 3.05) is 19.0 Å². The van der Waals surface area contributed by atoms with Crippen molar-refractivity contribution in [2.24, 2.45) is 13.0 Å². The first-order valence-electron chi connectivity index (χ1n) is 8.49. The highest BCUT2D eigenvalue weighted by Gasteiger charge is 2.56. The van der Waals surface area contributed by atoms with Gasteiger partial charge < -0.3 is 14.6 Å². The van der Waals surface area contributed by atoms with Crippen LogP contribution in [0.25, 0.3) is 11.1 Å². The molecule has 0 radical (unpaired) electrons. The third-order valence-electron chi connectivity index (χ3n) is 5.30. The summed E-state index contributed by atoms with van der Waals surface area (Å²) in [6, 6.07) is 6.38. The lowest BCUT2D eigenvalue weighted by atomic mass is 9.99. The van der Waals surface area contributed by atoms with Gasteiger partial charge in [-0.3, -0.25) is 0 Å². The average molecular weight is 333 g/mol. The maximum absolute atomic E-state index is 6.00. The second-order valence-corrected chi connectivity index (χ2v) is 6.78. The third-order valence-corrected chi connectivity index (χ3v) is 5.30. The van der Waals surface area contributed by atoms with Gasteiger partial charge in [0, 0.05) is 49.8 Å². The predicted molar refractivity (Wildman–Crippen MR) is 94.7 cm³/mol. The number of hydrogen-bond acceptors (Lipinski definition) is 5. The number of rotatable bonds is 3. The molecule has 25 heavy (non-hydrogen) atoms. The molecule has 6 nitrogen and oxygen atoms in total. The van der Waals surface area contributed by atoms with Crippen LogP contribution in [0.2, 0.25) is 0 Å². The van der Waals surface area contributed by atoms with Gasteiger partial charge in [0.15, 0.2) is 0 Å². The number of aromatic nitrogens is 4. The maximum atomic E-state index is 6.00. The lowest BCUT2D eigenvalue weighted by Crippen LogP contribution is -2.08. The number of nitrogens with zero attached hydrogens (tertiary/aromatic N) is 4. The van der Waals surface area contributed by atoms with Gasteiger partial charge in [-0.05, 0) is 23.3 Å².